The van der Waals surface area contributed by atoms with Crippen molar-refractivity contribution in [3.8, 4) is 0 Å². The Balaban J connectivity index is 1.41. The monoisotopic (exact) mass is 531 g/mol. The van der Waals surface area contributed by atoms with Gasteiger partial charge in [0.05, 0.1) is 12.5 Å². The molecule has 0 saturated carbocycles. The molecular formula is C30H37N5O4. The number of carboxylic acid groups (broad SMARTS) is 1. The number of carboxylic acids is 1. The maximum atomic E-state index is 12.4. The van der Waals surface area contributed by atoms with Crippen LogP contribution in [0, 0.1) is 12.3 Å². The first-order chi connectivity index (χ1) is 18.6. The highest BCUT2D eigenvalue weighted by atomic mass is 16.4. The number of hydrogen-bond acceptors (Lipinski definition) is 4. The topological polar surface area (TPSA) is 132 Å². The normalized spacial score (nSPS) is 11.8. The summed E-state index contributed by atoms with van der Waals surface area (Å²) < 4.78 is 0. The maximum absolute atomic E-state index is 12.4. The van der Waals surface area contributed by atoms with E-state index >= 15 is 0 Å². The summed E-state index contributed by atoms with van der Waals surface area (Å²) in [5.74, 6) is -1.00. The van der Waals surface area contributed by atoms with Gasteiger partial charge in [-0.25, -0.2) is 9.59 Å². The first-order valence-electron chi connectivity index (χ1n) is 13.0. The number of anilines is 2. The fourth-order valence-electron chi connectivity index (χ4n) is 4.09. The van der Waals surface area contributed by atoms with Crippen molar-refractivity contribution in [1.29, 1.82) is 0 Å². The molecule has 0 aliphatic rings. The Bertz CT molecular complexity index is 1250. The second-order valence-electron chi connectivity index (χ2n) is 10.3. The van der Waals surface area contributed by atoms with Crippen molar-refractivity contribution in [2.75, 3.05) is 17.2 Å². The van der Waals surface area contributed by atoms with E-state index in [-0.39, 0.29) is 17.9 Å². The van der Waals surface area contributed by atoms with Crippen LogP contribution < -0.4 is 21.3 Å². The molecule has 9 heteroatoms. The summed E-state index contributed by atoms with van der Waals surface area (Å²) >= 11 is 0. The van der Waals surface area contributed by atoms with Gasteiger partial charge < -0.3 is 26.4 Å². The van der Waals surface area contributed by atoms with Gasteiger partial charge in [-0.15, -0.1) is 0 Å². The van der Waals surface area contributed by atoms with Crippen molar-refractivity contribution in [3.05, 3.63) is 89.7 Å². The highest BCUT2D eigenvalue weighted by molar-refractivity contribution is 6.00. The van der Waals surface area contributed by atoms with E-state index in [9.17, 15) is 19.5 Å². The average Bonchev–Trinajstić information content (AvgIpc) is 2.89. The van der Waals surface area contributed by atoms with Crippen molar-refractivity contribution < 1.29 is 19.5 Å². The van der Waals surface area contributed by atoms with E-state index < -0.39 is 18.0 Å². The van der Waals surface area contributed by atoms with Crippen LogP contribution in [-0.2, 0) is 11.2 Å². The lowest BCUT2D eigenvalue weighted by Crippen LogP contribution is -2.40. The lowest BCUT2D eigenvalue weighted by atomic mass is 9.83. The number of pyridine rings is 1. The largest absolute Gasteiger partial charge is 0.481 e. The number of benzene rings is 2. The molecule has 0 saturated heterocycles. The zero-order valence-electron chi connectivity index (χ0n) is 22.7. The van der Waals surface area contributed by atoms with Crippen LogP contribution in [-0.4, -0.2) is 34.7 Å². The summed E-state index contributed by atoms with van der Waals surface area (Å²) in [6.45, 7) is 6.71. The van der Waals surface area contributed by atoms with Gasteiger partial charge in [-0.3, -0.25) is 9.78 Å². The van der Waals surface area contributed by atoms with E-state index in [2.05, 4.69) is 40.1 Å². The third-order valence-electron chi connectivity index (χ3n) is 6.55. The van der Waals surface area contributed by atoms with Crippen LogP contribution in [0.3, 0.4) is 0 Å². The number of carbonyl (C=O) groups excluding carboxylic acids is 2. The predicted octanol–water partition coefficient (Wildman–Crippen LogP) is 5.90. The third kappa shape index (κ3) is 10.1. The molecule has 0 aliphatic heterocycles. The van der Waals surface area contributed by atoms with Gasteiger partial charge in [-0.1, -0.05) is 50.2 Å². The molecule has 0 spiro atoms. The number of aliphatic carboxylic acids is 1. The Morgan fingerprint density at radius 3 is 2.33 bits per heavy atom. The molecule has 5 N–H and O–H groups in total. The van der Waals surface area contributed by atoms with E-state index in [1.807, 2.05) is 55.5 Å². The second-order valence-corrected chi connectivity index (χ2v) is 10.3. The van der Waals surface area contributed by atoms with Crippen molar-refractivity contribution in [2.45, 2.75) is 52.5 Å². The van der Waals surface area contributed by atoms with Crippen LogP contribution in [0.2, 0.25) is 0 Å². The molecule has 0 aliphatic carbocycles. The van der Waals surface area contributed by atoms with Gasteiger partial charge >= 0.3 is 18.0 Å². The van der Waals surface area contributed by atoms with E-state index in [1.165, 1.54) is 0 Å². The summed E-state index contributed by atoms with van der Waals surface area (Å²) in [6.07, 6.45) is 5.46. The second kappa shape index (κ2) is 13.9. The molecule has 9 nitrogen and oxygen atoms in total. The van der Waals surface area contributed by atoms with Crippen molar-refractivity contribution in [2.24, 2.45) is 5.41 Å². The molecule has 1 heterocycles. The molecule has 3 aromatic rings. The summed E-state index contributed by atoms with van der Waals surface area (Å²) in [4.78, 5) is 40.0. The number of amides is 4. The fourth-order valence-corrected chi connectivity index (χ4v) is 4.09. The van der Waals surface area contributed by atoms with Crippen molar-refractivity contribution in [3.63, 3.8) is 0 Å². The van der Waals surface area contributed by atoms with E-state index in [0.29, 0.717) is 17.8 Å². The number of urea groups is 2. The van der Waals surface area contributed by atoms with Gasteiger partial charge in [-0.2, -0.15) is 0 Å². The molecule has 1 unspecified atom stereocenters. The number of para-hydroxylation sites is 1. The van der Waals surface area contributed by atoms with Crippen LogP contribution in [0.25, 0.3) is 0 Å². The Hall–Kier alpha value is -4.40. The van der Waals surface area contributed by atoms with E-state index in [4.69, 9.17) is 0 Å². The number of carbonyl (C=O) groups is 3. The highest BCUT2D eigenvalue weighted by Gasteiger charge is 2.20. The molecule has 1 aromatic heterocycles. The molecule has 0 fully saturated rings. The lowest BCUT2D eigenvalue weighted by Gasteiger charge is -2.25. The molecule has 39 heavy (non-hydrogen) atoms. The number of aromatic nitrogens is 1. The molecule has 3 rings (SSSR count). The maximum Gasteiger partial charge on any atom is 0.323 e. The van der Waals surface area contributed by atoms with Crippen molar-refractivity contribution >= 4 is 29.4 Å². The minimum absolute atomic E-state index is 0.0263. The first kappa shape index (κ1) is 29.2. The molecule has 1 atom stereocenters. The average molecular weight is 532 g/mol. The van der Waals surface area contributed by atoms with Gasteiger partial charge in [0.15, 0.2) is 0 Å². The molecule has 0 bridgehead atoms. The number of hydrogen-bond donors (Lipinski definition) is 5. The zero-order valence-corrected chi connectivity index (χ0v) is 22.7. The summed E-state index contributed by atoms with van der Waals surface area (Å²) in [5, 5.41) is 20.5. The SMILES string of the molecule is Cc1ccccc1NC(=O)Nc1ccc(CCC(C)(C)CCNC(=O)NC(CC(=O)O)c2cccnc2)cc1. The summed E-state index contributed by atoms with van der Waals surface area (Å²) in [7, 11) is 0. The van der Waals surface area contributed by atoms with Crippen LogP contribution in [0.4, 0.5) is 21.0 Å². The number of nitrogens with zero attached hydrogens (tertiary/aromatic N) is 1. The quantitative estimate of drug-likeness (QED) is 0.199. The smallest absolute Gasteiger partial charge is 0.323 e. The van der Waals surface area contributed by atoms with E-state index in [1.54, 1.807) is 24.5 Å². The van der Waals surface area contributed by atoms with Crippen LogP contribution >= 0.6 is 0 Å². The molecule has 4 amide bonds. The van der Waals surface area contributed by atoms with Gasteiger partial charge in [-0.05, 0) is 72.6 Å². The first-order valence-corrected chi connectivity index (χ1v) is 13.0. The molecule has 206 valence electrons. The van der Waals surface area contributed by atoms with E-state index in [0.717, 1.165) is 36.1 Å². The van der Waals surface area contributed by atoms with Crippen LogP contribution in [0.15, 0.2) is 73.1 Å². The predicted molar refractivity (Wildman–Crippen MR) is 153 cm³/mol. The van der Waals surface area contributed by atoms with Crippen LogP contribution in [0.5, 0.6) is 0 Å². The summed E-state index contributed by atoms with van der Waals surface area (Å²) in [5.41, 5.74) is 4.26. The molecule has 0 radical (unpaired) electrons. The van der Waals surface area contributed by atoms with Crippen LogP contribution in [0.1, 0.15) is 55.8 Å². The fraction of sp³-hybridized carbons (Fsp3) is 0.333. The van der Waals surface area contributed by atoms with Gasteiger partial charge in [0, 0.05) is 30.3 Å². The highest BCUT2D eigenvalue weighted by Crippen LogP contribution is 2.27. The Labute approximate surface area is 229 Å². The Morgan fingerprint density at radius 2 is 1.67 bits per heavy atom. The third-order valence-corrected chi connectivity index (χ3v) is 6.55. The minimum atomic E-state index is -1.00. The minimum Gasteiger partial charge on any atom is -0.481 e. The Morgan fingerprint density at radius 1 is 0.923 bits per heavy atom. The van der Waals surface area contributed by atoms with Gasteiger partial charge in [0.25, 0.3) is 0 Å². The number of aryl methyl sites for hydroxylation is 2. The number of rotatable bonds is 12. The number of nitrogens with one attached hydrogen (secondary N) is 4. The summed E-state index contributed by atoms with van der Waals surface area (Å²) in [6, 6.07) is 17.5. The molecular weight excluding hydrogens is 494 g/mol. The van der Waals surface area contributed by atoms with Gasteiger partial charge in [0.1, 0.15) is 0 Å². The standard InChI is InChI=1S/C30H37N5O4/c1-21-7-4-5-9-25(21)34-29(39)33-24-12-10-22(11-13-24)14-15-30(2,3)16-18-32-28(38)35-26(19-27(36)37)23-8-6-17-31-20-23/h4-13,17,20,26H,14-16,18-19H2,1-3H3,(H,36,37)(H2,32,35,38)(H2,33,34,39). The Kier molecular flexibility index (Phi) is 10.4. The lowest BCUT2D eigenvalue weighted by molar-refractivity contribution is -0.137. The van der Waals surface area contributed by atoms with Crippen molar-refractivity contribution in [1.82, 2.24) is 15.6 Å². The molecule has 2 aromatic carbocycles. The zero-order chi connectivity index (χ0) is 28.3. The van der Waals surface area contributed by atoms with Gasteiger partial charge in [0.2, 0.25) is 0 Å².